The zero-order valence-corrected chi connectivity index (χ0v) is 59.5. The van der Waals surface area contributed by atoms with Gasteiger partial charge in [-0.3, -0.25) is 0 Å². The van der Waals surface area contributed by atoms with E-state index in [9.17, 15) is 0 Å². The molecule has 446 valence electrons. The van der Waals surface area contributed by atoms with Gasteiger partial charge in [0, 0.05) is 76.1 Å². The molecule has 3 aromatic carbocycles. The SMILES string of the molecule is C#CC.CC.CC.CC.CC.CC.CC.CC.CN1c2ccccc2Cc2cccnc21.CN1c2ccccc2Cc2cccnc21.CN1c2ccccc2Cc2cccnc21.I.O=C=O.O=C=O.O=C=O.SI.SI.[3H]C#C.[3H]C#CC. The van der Waals surface area contributed by atoms with Crippen LogP contribution in [0.5, 0.6) is 0 Å². The van der Waals surface area contributed by atoms with Crippen molar-refractivity contribution >= 4 is 139 Å². The van der Waals surface area contributed by atoms with E-state index in [0.29, 0.717) is 0 Å². The second-order valence-electron chi connectivity index (χ2n) is 12.3. The summed E-state index contributed by atoms with van der Waals surface area (Å²) in [7, 11) is 13.2. The third-order valence-corrected chi connectivity index (χ3v) is 8.76. The van der Waals surface area contributed by atoms with E-state index in [1.54, 1.807) is 13.8 Å². The molecule has 3 aliphatic rings. The Balaban J connectivity index is -0.0000000934. The maximum absolute atomic E-state index is 8.12. The Morgan fingerprint density at radius 2 is 0.580 bits per heavy atom. The molecule has 3 aliphatic heterocycles. The minimum Gasteiger partial charge on any atom is -0.329 e. The normalized spacial score (nSPS) is 8.73. The number of nitrogens with zero attached hydrogens (tertiary/aromatic N) is 6. The van der Waals surface area contributed by atoms with E-state index >= 15 is 0 Å². The number of rotatable bonds is 0. The maximum atomic E-state index is 8.12. The molecule has 3 aromatic heterocycles. The van der Waals surface area contributed by atoms with Gasteiger partial charge in [0.05, 0.1) is 0 Å². The average Bonchev–Trinajstić information content (AvgIpc) is 3.64. The number of benzene rings is 3. The van der Waals surface area contributed by atoms with Crippen molar-refractivity contribution in [1.82, 2.24) is 15.0 Å². The van der Waals surface area contributed by atoms with Crippen LogP contribution < -0.4 is 14.7 Å². The highest BCUT2D eigenvalue weighted by Gasteiger charge is 2.21. The van der Waals surface area contributed by atoms with Crippen molar-refractivity contribution < 1.29 is 31.5 Å². The molecule has 9 rings (SSSR count). The Morgan fingerprint density at radius 3 is 0.753 bits per heavy atom. The highest BCUT2D eigenvalue weighted by Crippen LogP contribution is 2.37. The monoisotopic (exact) mass is 1490 g/mol. The quantitative estimate of drug-likeness (QED) is 0.0846. The average molecular weight is 1490 g/mol. The molecule has 0 saturated carbocycles. The van der Waals surface area contributed by atoms with Crippen molar-refractivity contribution in [3.8, 4) is 37.5 Å². The molecule has 81 heavy (non-hydrogen) atoms. The summed E-state index contributed by atoms with van der Waals surface area (Å²) in [5.74, 6) is 7.84. The number of anilines is 6. The molecule has 0 bridgehead atoms. The predicted molar refractivity (Wildman–Crippen MR) is 379 cm³/mol. The minimum absolute atomic E-state index is 0. The van der Waals surface area contributed by atoms with Crippen LogP contribution in [0.15, 0.2) is 128 Å². The second kappa shape index (κ2) is 78.4. The number of para-hydroxylation sites is 3. The largest absolute Gasteiger partial charge is 0.373 e. The Bertz CT molecular complexity index is 2260. The third kappa shape index (κ3) is 41.8. The number of terminal acetylenes is 3. The van der Waals surface area contributed by atoms with Crippen molar-refractivity contribution in [3.05, 3.63) is 161 Å². The molecular weight excluding hydrogens is 1390 g/mol. The van der Waals surface area contributed by atoms with E-state index in [-0.39, 0.29) is 42.4 Å². The van der Waals surface area contributed by atoms with Gasteiger partial charge in [0.15, 0.2) is 0 Å². The number of hydrogen-bond acceptors (Lipinski definition) is 14. The molecule has 0 radical (unpaired) electrons. The van der Waals surface area contributed by atoms with E-state index in [1.807, 2.05) is 183 Å². The highest BCUT2D eigenvalue weighted by molar-refractivity contribution is 14.2. The molecule has 0 N–H and O–H groups in total. The van der Waals surface area contributed by atoms with Crippen LogP contribution in [-0.2, 0) is 48.0 Å². The molecular formula is C64H91I3N6O6S2. The topological polar surface area (TPSA) is 151 Å². The van der Waals surface area contributed by atoms with Gasteiger partial charge in [-0.25, -0.2) is 15.0 Å². The lowest BCUT2D eigenvalue weighted by molar-refractivity contribution is -0.193. The maximum Gasteiger partial charge on any atom is 0.373 e. The van der Waals surface area contributed by atoms with E-state index in [0.717, 1.165) is 36.7 Å². The number of aromatic nitrogens is 3. The van der Waals surface area contributed by atoms with Gasteiger partial charge in [0.1, 0.15) is 20.2 Å². The van der Waals surface area contributed by atoms with Crippen molar-refractivity contribution in [2.24, 2.45) is 0 Å². The summed E-state index contributed by atoms with van der Waals surface area (Å²) < 4.78 is 11.8. The number of fused-ring (bicyclic) bond motifs is 6. The summed E-state index contributed by atoms with van der Waals surface area (Å²) >= 11 is 3.69. The number of pyridine rings is 3. The number of thiol groups is 2. The first-order valence-corrected chi connectivity index (χ1v) is 32.2. The Hall–Kier alpha value is -5.78. The van der Waals surface area contributed by atoms with Crippen molar-refractivity contribution in [1.29, 1.82) is 0 Å². The van der Waals surface area contributed by atoms with E-state index < -0.39 is 0 Å². The summed E-state index contributed by atoms with van der Waals surface area (Å²) in [6, 6.07) is 37.9. The van der Waals surface area contributed by atoms with Gasteiger partial charge in [-0.05, 0) is 126 Å². The lowest BCUT2D eigenvalue weighted by Gasteiger charge is -2.28. The molecule has 0 atom stereocenters. The van der Waals surface area contributed by atoms with Gasteiger partial charge < -0.3 is 14.7 Å². The van der Waals surface area contributed by atoms with Crippen LogP contribution in [0.2, 0.25) is 0 Å². The lowest BCUT2D eigenvalue weighted by atomic mass is 9.99. The van der Waals surface area contributed by atoms with Crippen LogP contribution in [0.1, 0.15) is 147 Å². The van der Waals surface area contributed by atoms with Gasteiger partial charge >= 0.3 is 18.5 Å². The summed E-state index contributed by atoms with van der Waals surface area (Å²) in [4.78, 5) is 68.5. The molecule has 12 nitrogen and oxygen atoms in total. The summed E-state index contributed by atoms with van der Waals surface area (Å²) in [6.45, 7) is 31.3. The fourth-order valence-corrected chi connectivity index (χ4v) is 6.53. The molecule has 0 aliphatic carbocycles. The standard InChI is InChI=1S/3C13H12N2.2C3H4.7C2H6.C2H2.3CO2.2HIS.HI/c3*1-15-12-7-3-2-5-10(12)9-11-6-4-8-14-13(11)15;2*1-3-2;8*1-2;3*2-1-3;2*1-2;/h3*2-8H,9H2,1H3;2*1H,2H3;7*1-2H3;1-2H;;;;2*2H;1H/i;;;1T;;;;;;;;;1T;;;;;;. The van der Waals surface area contributed by atoms with E-state index in [2.05, 4.69) is 186 Å². The van der Waals surface area contributed by atoms with Gasteiger partial charge in [0.2, 0.25) is 0 Å². The zero-order valence-electron chi connectivity index (χ0n) is 53.1. The van der Waals surface area contributed by atoms with Crippen LogP contribution in [0.4, 0.5) is 34.5 Å². The van der Waals surface area contributed by atoms with Crippen LogP contribution in [0.25, 0.3) is 0 Å². The third-order valence-electron chi connectivity index (χ3n) is 8.76. The molecule has 6 heterocycles. The van der Waals surface area contributed by atoms with Gasteiger partial charge in [-0.15, -0.1) is 81.1 Å². The van der Waals surface area contributed by atoms with Crippen molar-refractivity contribution in [2.75, 3.05) is 35.8 Å². The van der Waals surface area contributed by atoms with Crippen LogP contribution in [0, 0.1) is 37.5 Å². The predicted octanol–water partition coefficient (Wildman–Crippen LogP) is 18.4. The molecule has 0 saturated heterocycles. The summed E-state index contributed by atoms with van der Waals surface area (Å²) in [5.41, 5.74) is 11.8. The number of halogens is 3. The Morgan fingerprint density at radius 1 is 0.420 bits per heavy atom. The van der Waals surface area contributed by atoms with Gasteiger partial charge in [-0.1, -0.05) is 170 Å². The first-order chi connectivity index (χ1) is 40.1. The fourth-order valence-electron chi connectivity index (χ4n) is 6.53. The van der Waals surface area contributed by atoms with Crippen molar-refractivity contribution in [2.45, 2.75) is 130 Å². The Labute approximate surface area is 545 Å². The smallest absolute Gasteiger partial charge is 0.329 e. The molecule has 0 spiro atoms. The second-order valence-corrected chi connectivity index (χ2v) is 12.3. The zero-order chi connectivity index (χ0) is 65.7. The van der Waals surface area contributed by atoms with Crippen molar-refractivity contribution in [3.63, 3.8) is 0 Å². The summed E-state index contributed by atoms with van der Waals surface area (Å²) in [6.07, 6.45) is 21.6. The first-order valence-electron chi connectivity index (χ1n) is 26.7. The molecule has 0 amide bonds. The highest BCUT2D eigenvalue weighted by atomic mass is 127. The number of carbonyl (C=O) groups excluding carboxylic acids is 6. The van der Waals surface area contributed by atoms with Crippen LogP contribution in [-0.4, -0.2) is 54.5 Å². The van der Waals surface area contributed by atoms with E-state index in [4.69, 9.17) is 31.5 Å². The molecule has 0 unspecified atom stereocenters. The Kier molecular flexibility index (Phi) is 88.8. The fraction of sp³-hybridized carbons (Fsp3) is 0.344. The first kappa shape index (κ1) is 91.7. The van der Waals surface area contributed by atoms with E-state index in [1.165, 1.54) is 56.8 Å². The summed E-state index contributed by atoms with van der Waals surface area (Å²) in [5, 5.41) is 0. The minimum atomic E-state index is 0. The molecule has 0 fully saturated rings. The van der Waals surface area contributed by atoms with Gasteiger partial charge in [0.25, 0.3) is 0 Å². The molecule has 6 aromatic rings. The molecule has 17 heteroatoms. The lowest BCUT2D eigenvalue weighted by Crippen LogP contribution is -2.19. The van der Waals surface area contributed by atoms with Crippen LogP contribution >= 0.6 is 86.0 Å². The van der Waals surface area contributed by atoms with Crippen LogP contribution in [0.3, 0.4) is 0 Å². The van der Waals surface area contributed by atoms with Gasteiger partial charge in [-0.2, -0.15) is 28.8 Å². The number of hydrogen-bond donors (Lipinski definition) is 2.